The minimum Gasteiger partial charge on any atom is -0.497 e. The normalized spacial score (nSPS) is 14.6. The third-order valence-electron chi connectivity index (χ3n) is 4.81. The molecule has 6 heteroatoms. The van der Waals surface area contributed by atoms with Gasteiger partial charge in [0.15, 0.2) is 5.76 Å². The van der Waals surface area contributed by atoms with Gasteiger partial charge >= 0.3 is 0 Å². The summed E-state index contributed by atoms with van der Waals surface area (Å²) in [5.41, 5.74) is 3.14. The van der Waals surface area contributed by atoms with E-state index in [4.69, 9.17) is 9.15 Å². The average molecular weight is 368 g/mol. The number of benzene rings is 1. The predicted octanol–water partition coefficient (Wildman–Crippen LogP) is 2.90. The van der Waals surface area contributed by atoms with Gasteiger partial charge in [-0.1, -0.05) is 0 Å². The van der Waals surface area contributed by atoms with Crippen molar-refractivity contribution in [3.8, 4) is 5.75 Å². The molecule has 3 rings (SSSR count). The van der Waals surface area contributed by atoms with Crippen LogP contribution in [-0.4, -0.2) is 54.9 Å². The highest BCUT2D eigenvalue weighted by Gasteiger charge is 2.25. The lowest BCUT2D eigenvalue weighted by Gasteiger charge is -2.33. The quantitative estimate of drug-likeness (QED) is 0.779. The van der Waals surface area contributed by atoms with Gasteiger partial charge in [0.05, 0.1) is 13.4 Å². The molecule has 1 aromatic heterocycles. The maximum absolute atomic E-state index is 12.5. The Labute approximate surface area is 159 Å². The Kier molecular flexibility index (Phi) is 5.64. The molecule has 2 amide bonds. The van der Waals surface area contributed by atoms with Gasteiger partial charge in [0.25, 0.3) is 5.91 Å². The molecule has 1 aliphatic rings. The molecule has 1 saturated heterocycles. The van der Waals surface area contributed by atoms with Crippen molar-refractivity contribution >= 4 is 17.9 Å². The number of rotatable bonds is 4. The van der Waals surface area contributed by atoms with Crippen molar-refractivity contribution in [3.63, 3.8) is 0 Å². The molecule has 0 bridgehead atoms. The first-order valence-electron chi connectivity index (χ1n) is 8.94. The Morgan fingerprint density at radius 1 is 1.07 bits per heavy atom. The van der Waals surface area contributed by atoms with Crippen molar-refractivity contribution in [2.45, 2.75) is 13.8 Å². The van der Waals surface area contributed by atoms with E-state index in [1.165, 1.54) is 6.26 Å². The van der Waals surface area contributed by atoms with Gasteiger partial charge in [0.2, 0.25) is 5.91 Å². The monoisotopic (exact) mass is 368 g/mol. The largest absolute Gasteiger partial charge is 0.497 e. The zero-order chi connectivity index (χ0) is 19.4. The van der Waals surface area contributed by atoms with E-state index in [1.54, 1.807) is 35.1 Å². The third kappa shape index (κ3) is 4.22. The molecule has 2 aromatic rings. The molecule has 142 valence electrons. The van der Waals surface area contributed by atoms with E-state index in [0.29, 0.717) is 31.9 Å². The second-order valence-corrected chi connectivity index (χ2v) is 6.60. The summed E-state index contributed by atoms with van der Waals surface area (Å²) in [6.45, 7) is 6.02. The Balaban J connectivity index is 1.60. The molecule has 0 saturated carbocycles. The summed E-state index contributed by atoms with van der Waals surface area (Å²) in [5, 5.41) is 0. The van der Waals surface area contributed by atoms with Gasteiger partial charge in [-0.2, -0.15) is 0 Å². The number of methoxy groups -OCH3 is 1. The van der Waals surface area contributed by atoms with Crippen LogP contribution >= 0.6 is 0 Å². The first-order chi connectivity index (χ1) is 13.0. The van der Waals surface area contributed by atoms with Gasteiger partial charge < -0.3 is 19.0 Å². The van der Waals surface area contributed by atoms with E-state index in [9.17, 15) is 9.59 Å². The summed E-state index contributed by atoms with van der Waals surface area (Å²) in [6, 6.07) is 7.26. The van der Waals surface area contributed by atoms with E-state index in [1.807, 2.05) is 32.1 Å². The number of furan rings is 1. The SMILES string of the molecule is COc1cc(C)c(/C=C/C(=O)N2CCN(C(=O)c3ccco3)CC2)c(C)c1. The lowest BCUT2D eigenvalue weighted by Crippen LogP contribution is -2.50. The second kappa shape index (κ2) is 8.12. The van der Waals surface area contributed by atoms with Crippen molar-refractivity contribution in [1.82, 2.24) is 9.80 Å². The van der Waals surface area contributed by atoms with Crippen LogP contribution in [0.4, 0.5) is 0 Å². The number of carbonyl (C=O) groups excluding carboxylic acids is 2. The van der Waals surface area contributed by atoms with Crippen LogP contribution in [0.3, 0.4) is 0 Å². The molecule has 1 fully saturated rings. The van der Waals surface area contributed by atoms with Crippen molar-refractivity contribution in [1.29, 1.82) is 0 Å². The maximum atomic E-state index is 12.5. The number of hydrogen-bond donors (Lipinski definition) is 0. The molecule has 6 nitrogen and oxygen atoms in total. The summed E-state index contributed by atoms with van der Waals surface area (Å²) in [7, 11) is 1.64. The molecule has 2 heterocycles. The second-order valence-electron chi connectivity index (χ2n) is 6.60. The molecule has 0 N–H and O–H groups in total. The maximum Gasteiger partial charge on any atom is 0.289 e. The van der Waals surface area contributed by atoms with E-state index < -0.39 is 0 Å². The van der Waals surface area contributed by atoms with Crippen LogP contribution in [-0.2, 0) is 4.79 Å². The molecule has 0 spiro atoms. The lowest BCUT2D eigenvalue weighted by molar-refractivity contribution is -0.127. The molecule has 0 atom stereocenters. The van der Waals surface area contributed by atoms with Gasteiger partial charge in [0, 0.05) is 32.3 Å². The van der Waals surface area contributed by atoms with E-state index in [2.05, 4.69) is 0 Å². The number of ether oxygens (including phenoxy) is 1. The summed E-state index contributed by atoms with van der Waals surface area (Å²) in [4.78, 5) is 28.3. The minimum atomic E-state index is -0.132. The molecule has 0 aliphatic carbocycles. The third-order valence-corrected chi connectivity index (χ3v) is 4.81. The summed E-state index contributed by atoms with van der Waals surface area (Å²) in [6.07, 6.45) is 4.94. The number of piperazine rings is 1. The van der Waals surface area contributed by atoms with E-state index >= 15 is 0 Å². The fourth-order valence-corrected chi connectivity index (χ4v) is 3.26. The average Bonchev–Trinajstić information content (AvgIpc) is 3.21. The zero-order valence-electron chi connectivity index (χ0n) is 15.9. The minimum absolute atomic E-state index is 0.0466. The van der Waals surface area contributed by atoms with Crippen LogP contribution in [0.2, 0.25) is 0 Å². The molecular weight excluding hydrogens is 344 g/mol. The molecule has 27 heavy (non-hydrogen) atoms. The Bertz CT molecular complexity index is 824. The van der Waals surface area contributed by atoms with Crippen molar-refractivity contribution in [2.75, 3.05) is 33.3 Å². The van der Waals surface area contributed by atoms with Gasteiger partial charge in [-0.3, -0.25) is 9.59 Å². The summed E-state index contributed by atoms with van der Waals surface area (Å²) >= 11 is 0. The highest BCUT2D eigenvalue weighted by molar-refractivity contribution is 5.93. The van der Waals surface area contributed by atoms with Crippen molar-refractivity contribution < 1.29 is 18.7 Å². The lowest BCUT2D eigenvalue weighted by atomic mass is 10.0. The van der Waals surface area contributed by atoms with Gasteiger partial charge in [0.1, 0.15) is 5.75 Å². The fraction of sp³-hybridized carbons (Fsp3) is 0.333. The van der Waals surface area contributed by atoms with Crippen LogP contribution in [0.5, 0.6) is 5.75 Å². The number of amides is 2. The van der Waals surface area contributed by atoms with Gasteiger partial charge in [-0.25, -0.2) is 0 Å². The molecule has 1 aliphatic heterocycles. The topological polar surface area (TPSA) is 63.0 Å². The van der Waals surface area contributed by atoms with E-state index in [-0.39, 0.29) is 11.8 Å². The summed E-state index contributed by atoms with van der Waals surface area (Å²) < 4.78 is 10.4. The number of nitrogens with zero attached hydrogens (tertiary/aromatic N) is 2. The van der Waals surface area contributed by atoms with E-state index in [0.717, 1.165) is 22.4 Å². The van der Waals surface area contributed by atoms with Crippen LogP contribution in [0.1, 0.15) is 27.2 Å². The number of carbonyl (C=O) groups is 2. The predicted molar refractivity (Wildman–Crippen MR) is 103 cm³/mol. The van der Waals surface area contributed by atoms with Crippen LogP contribution in [0.15, 0.2) is 41.0 Å². The van der Waals surface area contributed by atoms with Gasteiger partial charge in [-0.15, -0.1) is 0 Å². The van der Waals surface area contributed by atoms with Crippen LogP contribution < -0.4 is 4.74 Å². The zero-order valence-corrected chi connectivity index (χ0v) is 15.9. The fourth-order valence-electron chi connectivity index (χ4n) is 3.26. The van der Waals surface area contributed by atoms with Crippen molar-refractivity contribution in [3.05, 3.63) is 59.1 Å². The smallest absolute Gasteiger partial charge is 0.289 e. The standard InChI is InChI=1S/C21H24N2O4/c1-15-13-17(26-3)14-16(2)18(15)6-7-20(24)22-8-10-23(11-9-22)21(25)19-5-4-12-27-19/h4-7,12-14H,8-11H2,1-3H3/b7-6+. The highest BCUT2D eigenvalue weighted by Crippen LogP contribution is 2.23. The molecule has 1 aromatic carbocycles. The van der Waals surface area contributed by atoms with Crippen molar-refractivity contribution in [2.24, 2.45) is 0 Å². The molecule has 0 unspecified atom stereocenters. The number of aryl methyl sites for hydroxylation is 2. The first kappa shape index (κ1) is 18.8. The Morgan fingerprint density at radius 2 is 1.70 bits per heavy atom. The van der Waals surface area contributed by atoms with Gasteiger partial charge in [-0.05, 0) is 60.9 Å². The highest BCUT2D eigenvalue weighted by atomic mass is 16.5. The Hall–Kier alpha value is -3.02. The Morgan fingerprint density at radius 3 is 2.26 bits per heavy atom. The molecule has 0 radical (unpaired) electrons. The first-order valence-corrected chi connectivity index (χ1v) is 8.94. The molecular formula is C21H24N2O4. The van der Waals surface area contributed by atoms with Crippen LogP contribution in [0, 0.1) is 13.8 Å². The summed E-state index contributed by atoms with van der Waals surface area (Å²) in [5.74, 6) is 0.966. The number of hydrogen-bond acceptors (Lipinski definition) is 4. The van der Waals surface area contributed by atoms with Crippen LogP contribution in [0.25, 0.3) is 6.08 Å².